The highest BCUT2D eigenvalue weighted by atomic mass is 16.5. The molecule has 0 heterocycles. The predicted molar refractivity (Wildman–Crippen MR) is 105 cm³/mol. The highest BCUT2D eigenvalue weighted by molar-refractivity contribution is 6.05. The second-order valence-electron chi connectivity index (χ2n) is 6.57. The van der Waals surface area contributed by atoms with Gasteiger partial charge in [-0.1, -0.05) is 32.9 Å². The molecule has 0 aromatic heterocycles. The maximum atomic E-state index is 12.6. The Balaban J connectivity index is 2.13. The second kappa shape index (κ2) is 9.04. The molecular weight excluding hydrogens is 328 g/mol. The lowest BCUT2D eigenvalue weighted by molar-refractivity contribution is -0.115. The fourth-order valence-corrected chi connectivity index (χ4v) is 2.33. The van der Waals surface area contributed by atoms with Gasteiger partial charge in [0.05, 0.1) is 6.61 Å². The number of hydrogen-bond acceptors (Lipinski definition) is 3. The Morgan fingerprint density at radius 2 is 1.69 bits per heavy atom. The van der Waals surface area contributed by atoms with E-state index < -0.39 is 0 Å². The molecule has 0 aliphatic carbocycles. The minimum atomic E-state index is -0.220. The molecule has 0 saturated carbocycles. The Morgan fingerprint density at radius 1 is 1.04 bits per heavy atom. The van der Waals surface area contributed by atoms with Gasteiger partial charge >= 0.3 is 0 Å². The summed E-state index contributed by atoms with van der Waals surface area (Å²) in [6, 6.07) is 12.6. The Labute approximate surface area is 154 Å². The van der Waals surface area contributed by atoms with Crippen LogP contribution in [-0.4, -0.2) is 18.4 Å². The van der Waals surface area contributed by atoms with Gasteiger partial charge in [-0.3, -0.25) is 9.59 Å². The van der Waals surface area contributed by atoms with Crippen molar-refractivity contribution in [1.82, 2.24) is 0 Å². The van der Waals surface area contributed by atoms with E-state index in [4.69, 9.17) is 4.74 Å². The van der Waals surface area contributed by atoms with Crippen LogP contribution in [0, 0.1) is 12.8 Å². The van der Waals surface area contributed by atoms with Crippen molar-refractivity contribution in [3.63, 3.8) is 0 Å². The summed E-state index contributed by atoms with van der Waals surface area (Å²) in [7, 11) is 0. The molecule has 0 saturated heterocycles. The Hall–Kier alpha value is -2.82. The van der Waals surface area contributed by atoms with Gasteiger partial charge in [0, 0.05) is 23.4 Å². The van der Waals surface area contributed by atoms with Crippen LogP contribution in [0.1, 0.15) is 43.1 Å². The largest absolute Gasteiger partial charge is 0.493 e. The molecule has 0 unspecified atom stereocenters. The standard InChI is InChI=1S/C21H26N2O3/c1-5-20(24)22-18-10-7-11-19(15(18)4)23-21(25)16-8-6-9-17(12-16)26-13-14(2)3/h6-12,14H,5,13H2,1-4H3,(H,22,24)(H,23,25). The third-order valence-corrected chi connectivity index (χ3v) is 3.86. The molecular formula is C21H26N2O3. The van der Waals surface area contributed by atoms with Crippen LogP contribution in [0.4, 0.5) is 11.4 Å². The zero-order chi connectivity index (χ0) is 19.1. The van der Waals surface area contributed by atoms with Gasteiger partial charge in [-0.25, -0.2) is 0 Å². The molecule has 2 rings (SSSR count). The number of hydrogen-bond donors (Lipinski definition) is 2. The van der Waals surface area contributed by atoms with Crippen molar-refractivity contribution in [1.29, 1.82) is 0 Å². The molecule has 0 radical (unpaired) electrons. The van der Waals surface area contributed by atoms with Gasteiger partial charge in [0.15, 0.2) is 0 Å². The topological polar surface area (TPSA) is 67.4 Å². The number of nitrogens with one attached hydrogen (secondary N) is 2. The Kier molecular flexibility index (Phi) is 6.78. The Bertz CT molecular complexity index is 785. The smallest absolute Gasteiger partial charge is 0.255 e. The van der Waals surface area contributed by atoms with Crippen molar-refractivity contribution in [2.45, 2.75) is 34.1 Å². The van der Waals surface area contributed by atoms with Crippen LogP contribution in [0.25, 0.3) is 0 Å². The molecule has 138 valence electrons. The van der Waals surface area contributed by atoms with Crippen molar-refractivity contribution in [3.8, 4) is 5.75 Å². The van der Waals surface area contributed by atoms with Crippen LogP contribution >= 0.6 is 0 Å². The molecule has 2 aromatic carbocycles. The van der Waals surface area contributed by atoms with Crippen LogP contribution in [0.3, 0.4) is 0 Å². The monoisotopic (exact) mass is 354 g/mol. The van der Waals surface area contributed by atoms with Crippen LogP contribution in [-0.2, 0) is 4.79 Å². The van der Waals surface area contributed by atoms with Gasteiger partial charge in [-0.05, 0) is 48.7 Å². The molecule has 5 heteroatoms. The quantitative estimate of drug-likeness (QED) is 0.762. The van der Waals surface area contributed by atoms with E-state index in [-0.39, 0.29) is 11.8 Å². The zero-order valence-electron chi connectivity index (χ0n) is 15.8. The number of carbonyl (C=O) groups excluding carboxylic acids is 2. The normalized spacial score (nSPS) is 10.5. The second-order valence-corrected chi connectivity index (χ2v) is 6.57. The number of rotatable bonds is 7. The molecule has 2 amide bonds. The van der Waals surface area contributed by atoms with E-state index in [1.807, 2.05) is 25.1 Å². The van der Waals surface area contributed by atoms with E-state index in [1.165, 1.54) is 0 Å². The number of benzene rings is 2. The lowest BCUT2D eigenvalue weighted by atomic mass is 10.1. The number of amides is 2. The summed E-state index contributed by atoms with van der Waals surface area (Å²) in [5, 5.41) is 5.74. The van der Waals surface area contributed by atoms with Gasteiger partial charge in [-0.15, -0.1) is 0 Å². The average molecular weight is 354 g/mol. The van der Waals surface area contributed by atoms with E-state index >= 15 is 0 Å². The maximum absolute atomic E-state index is 12.6. The van der Waals surface area contributed by atoms with Crippen molar-refractivity contribution in [2.24, 2.45) is 5.92 Å². The number of anilines is 2. The number of ether oxygens (including phenoxy) is 1. The van der Waals surface area contributed by atoms with Crippen molar-refractivity contribution < 1.29 is 14.3 Å². The number of carbonyl (C=O) groups is 2. The Morgan fingerprint density at radius 3 is 2.35 bits per heavy atom. The summed E-state index contributed by atoms with van der Waals surface area (Å²) in [6.45, 7) is 8.41. The van der Waals surface area contributed by atoms with Crippen LogP contribution < -0.4 is 15.4 Å². The third kappa shape index (κ3) is 5.34. The minimum absolute atomic E-state index is 0.0634. The SMILES string of the molecule is CCC(=O)Nc1cccc(NC(=O)c2cccc(OCC(C)C)c2)c1C. The first-order valence-corrected chi connectivity index (χ1v) is 8.84. The van der Waals surface area contributed by atoms with Crippen LogP contribution in [0.15, 0.2) is 42.5 Å². The molecule has 26 heavy (non-hydrogen) atoms. The molecule has 0 bridgehead atoms. The molecule has 2 aromatic rings. The van der Waals surface area contributed by atoms with E-state index in [2.05, 4.69) is 24.5 Å². The molecule has 0 fully saturated rings. The highest BCUT2D eigenvalue weighted by Crippen LogP contribution is 2.24. The molecule has 0 aliphatic heterocycles. The van der Waals surface area contributed by atoms with E-state index in [1.54, 1.807) is 31.2 Å². The molecule has 5 nitrogen and oxygen atoms in total. The first-order chi connectivity index (χ1) is 12.4. The van der Waals surface area contributed by atoms with Crippen molar-refractivity contribution in [2.75, 3.05) is 17.2 Å². The zero-order valence-corrected chi connectivity index (χ0v) is 15.8. The van der Waals surface area contributed by atoms with Crippen LogP contribution in [0.5, 0.6) is 5.75 Å². The predicted octanol–water partition coefficient (Wildman–Crippen LogP) is 4.63. The summed E-state index contributed by atoms with van der Waals surface area (Å²) in [4.78, 5) is 24.2. The summed E-state index contributed by atoms with van der Waals surface area (Å²) in [5.41, 5.74) is 2.70. The van der Waals surface area contributed by atoms with E-state index in [0.717, 1.165) is 5.56 Å². The van der Waals surface area contributed by atoms with Crippen molar-refractivity contribution >= 4 is 23.2 Å². The van der Waals surface area contributed by atoms with Gasteiger partial charge in [0.25, 0.3) is 5.91 Å². The maximum Gasteiger partial charge on any atom is 0.255 e. The molecule has 0 spiro atoms. The first-order valence-electron chi connectivity index (χ1n) is 8.84. The third-order valence-electron chi connectivity index (χ3n) is 3.86. The minimum Gasteiger partial charge on any atom is -0.493 e. The van der Waals surface area contributed by atoms with E-state index in [0.29, 0.717) is 41.6 Å². The van der Waals surface area contributed by atoms with Crippen LogP contribution in [0.2, 0.25) is 0 Å². The van der Waals surface area contributed by atoms with Gasteiger partial charge in [0.2, 0.25) is 5.91 Å². The lowest BCUT2D eigenvalue weighted by Crippen LogP contribution is -2.15. The molecule has 0 atom stereocenters. The summed E-state index contributed by atoms with van der Waals surface area (Å²) in [6.07, 6.45) is 0.402. The summed E-state index contributed by atoms with van der Waals surface area (Å²) < 4.78 is 5.68. The van der Waals surface area contributed by atoms with Gasteiger partial charge in [-0.2, -0.15) is 0 Å². The average Bonchev–Trinajstić information content (AvgIpc) is 2.63. The fraction of sp³-hybridized carbons (Fsp3) is 0.333. The van der Waals surface area contributed by atoms with Gasteiger partial charge in [0.1, 0.15) is 5.75 Å². The first kappa shape index (κ1) is 19.5. The highest BCUT2D eigenvalue weighted by Gasteiger charge is 2.11. The summed E-state index contributed by atoms with van der Waals surface area (Å²) >= 11 is 0. The van der Waals surface area contributed by atoms with Crippen molar-refractivity contribution in [3.05, 3.63) is 53.6 Å². The molecule has 0 aliphatic rings. The van der Waals surface area contributed by atoms with Gasteiger partial charge < -0.3 is 15.4 Å². The molecule has 2 N–H and O–H groups in total. The van der Waals surface area contributed by atoms with E-state index in [9.17, 15) is 9.59 Å². The lowest BCUT2D eigenvalue weighted by Gasteiger charge is -2.14. The summed E-state index contributed by atoms with van der Waals surface area (Å²) in [5.74, 6) is 0.803. The fourth-order valence-electron chi connectivity index (χ4n) is 2.33.